The van der Waals surface area contributed by atoms with Crippen LogP contribution in [0, 0.1) is 0 Å². The highest BCUT2D eigenvalue weighted by Crippen LogP contribution is 2.36. The van der Waals surface area contributed by atoms with Crippen LogP contribution in [0.2, 0.25) is 0 Å². The summed E-state index contributed by atoms with van der Waals surface area (Å²) in [5, 5.41) is 5.45. The van der Waals surface area contributed by atoms with Gasteiger partial charge in [-0.2, -0.15) is 13.2 Å². The molecule has 3 aromatic carbocycles. The Morgan fingerprint density at radius 2 is 1.87 bits per heavy atom. The molecule has 0 spiro atoms. The van der Waals surface area contributed by atoms with Gasteiger partial charge >= 0.3 is 12.2 Å². The van der Waals surface area contributed by atoms with Gasteiger partial charge in [0.1, 0.15) is 5.75 Å². The lowest BCUT2D eigenvalue weighted by molar-refractivity contribution is -0.138. The number of amides is 2. The van der Waals surface area contributed by atoms with E-state index in [0.717, 1.165) is 27.6 Å². The number of para-hydroxylation sites is 1. The Labute approximate surface area is 221 Å². The number of hydrogen-bond acceptors (Lipinski definition) is 6. The molecule has 1 aliphatic heterocycles. The molecule has 2 heterocycles. The molecular weight excluding hydrogens is 517 g/mol. The van der Waals surface area contributed by atoms with Crippen molar-refractivity contribution in [2.45, 2.75) is 12.7 Å². The molecule has 1 fully saturated rings. The van der Waals surface area contributed by atoms with Gasteiger partial charge in [-0.1, -0.05) is 41.7 Å². The van der Waals surface area contributed by atoms with Crippen molar-refractivity contribution in [2.75, 3.05) is 44.0 Å². The number of halogens is 3. The summed E-state index contributed by atoms with van der Waals surface area (Å²) in [7, 11) is 1.61. The summed E-state index contributed by atoms with van der Waals surface area (Å²) in [6.45, 7) is 2.29. The van der Waals surface area contributed by atoms with Crippen molar-refractivity contribution in [3.05, 3.63) is 71.8 Å². The van der Waals surface area contributed by atoms with Gasteiger partial charge in [0.25, 0.3) is 0 Å². The Balaban J connectivity index is 1.30. The molecule has 1 aromatic heterocycles. The van der Waals surface area contributed by atoms with Crippen molar-refractivity contribution < 1.29 is 27.4 Å². The number of hydrogen-bond donors (Lipinski definition) is 2. The molecule has 0 aliphatic carbocycles. The van der Waals surface area contributed by atoms with Crippen molar-refractivity contribution in [3.63, 3.8) is 0 Å². The zero-order chi connectivity index (χ0) is 26.7. The van der Waals surface area contributed by atoms with Gasteiger partial charge in [-0.15, -0.1) is 0 Å². The predicted molar refractivity (Wildman–Crippen MR) is 142 cm³/mol. The van der Waals surface area contributed by atoms with Gasteiger partial charge in [-0.3, -0.25) is 10.2 Å². The molecule has 0 atom stereocenters. The molecule has 0 saturated carbocycles. The van der Waals surface area contributed by atoms with Crippen LogP contribution in [0.15, 0.2) is 60.7 Å². The zero-order valence-electron chi connectivity index (χ0n) is 20.5. The summed E-state index contributed by atoms with van der Waals surface area (Å²) in [5.41, 5.74) is 1.98. The predicted octanol–water partition coefficient (Wildman–Crippen LogP) is 6.47. The first-order valence-corrected chi connectivity index (χ1v) is 12.7. The van der Waals surface area contributed by atoms with Crippen molar-refractivity contribution in [3.8, 4) is 16.9 Å². The fraction of sp³-hybridized carbons (Fsp3) is 0.259. The largest absolute Gasteiger partial charge is 0.496 e. The molecule has 1 aliphatic rings. The molecule has 0 bridgehead atoms. The number of nitrogens with zero attached hydrogens (tertiary/aromatic N) is 2. The van der Waals surface area contributed by atoms with Crippen LogP contribution >= 0.6 is 11.3 Å². The summed E-state index contributed by atoms with van der Waals surface area (Å²) in [5.74, 6) is 0.739. The molecule has 0 unspecified atom stereocenters. The van der Waals surface area contributed by atoms with Crippen LogP contribution in [0.25, 0.3) is 21.3 Å². The van der Waals surface area contributed by atoms with Gasteiger partial charge in [-0.05, 0) is 41.5 Å². The van der Waals surface area contributed by atoms with Crippen LogP contribution in [0.1, 0.15) is 11.1 Å². The highest BCUT2D eigenvalue weighted by atomic mass is 32.1. The Kier molecular flexibility index (Phi) is 7.50. The Morgan fingerprint density at radius 3 is 2.63 bits per heavy atom. The van der Waals surface area contributed by atoms with E-state index in [2.05, 4.69) is 15.6 Å². The number of morpholine rings is 1. The number of rotatable bonds is 6. The second-order valence-electron chi connectivity index (χ2n) is 8.74. The molecule has 2 amide bonds. The Hall–Kier alpha value is -3.67. The normalized spacial score (nSPS) is 14.4. The van der Waals surface area contributed by atoms with Crippen LogP contribution < -0.4 is 15.4 Å². The third-order valence-corrected chi connectivity index (χ3v) is 7.13. The third kappa shape index (κ3) is 5.90. The minimum Gasteiger partial charge on any atom is -0.496 e. The molecule has 11 heteroatoms. The van der Waals surface area contributed by atoms with Crippen LogP contribution in [-0.4, -0.2) is 49.3 Å². The Morgan fingerprint density at radius 1 is 1.08 bits per heavy atom. The van der Waals surface area contributed by atoms with Crippen molar-refractivity contribution in [1.82, 2.24) is 9.88 Å². The second-order valence-corrected chi connectivity index (χ2v) is 9.77. The fourth-order valence-corrected chi connectivity index (χ4v) is 5.24. The molecule has 1 saturated heterocycles. The van der Waals surface area contributed by atoms with E-state index in [-0.39, 0.29) is 17.8 Å². The monoisotopic (exact) mass is 542 g/mol. The first kappa shape index (κ1) is 26.0. The molecule has 4 aromatic rings. The number of carbonyl (C=O) groups excluding carboxylic acids is 1. The molecule has 2 N–H and O–H groups in total. The fourth-order valence-electron chi connectivity index (χ4n) is 4.34. The lowest BCUT2D eigenvalue weighted by atomic mass is 10.0. The molecule has 7 nitrogen and oxygen atoms in total. The number of nitrogens with one attached hydrogen (secondary N) is 2. The number of thiazole rings is 1. The maximum absolute atomic E-state index is 13.8. The van der Waals surface area contributed by atoms with E-state index in [1.807, 2.05) is 47.4 Å². The standard InChI is InChI=1S/C27H25F3N4O3S/c1-36-23-5-3-2-4-20(23)17-7-9-22-24(14-17)38-26(32-22)33-25(35)31-19-8-6-18(21(15-19)27(28,29)30)16-34-10-12-37-13-11-34/h2-9,14-15H,10-13,16H2,1H3,(H2,31,32,33,35). The average molecular weight is 543 g/mol. The number of anilines is 2. The third-order valence-electron chi connectivity index (χ3n) is 6.20. The lowest BCUT2D eigenvalue weighted by Gasteiger charge is -2.27. The van der Waals surface area contributed by atoms with Gasteiger partial charge in [0, 0.05) is 30.9 Å². The van der Waals surface area contributed by atoms with E-state index < -0.39 is 17.8 Å². The van der Waals surface area contributed by atoms with Crippen molar-refractivity contribution in [1.29, 1.82) is 0 Å². The summed E-state index contributed by atoms with van der Waals surface area (Å²) >= 11 is 1.27. The van der Waals surface area contributed by atoms with Gasteiger partial charge in [-0.25, -0.2) is 9.78 Å². The van der Waals surface area contributed by atoms with Gasteiger partial charge in [0.2, 0.25) is 0 Å². The van der Waals surface area contributed by atoms with Gasteiger partial charge < -0.3 is 14.8 Å². The average Bonchev–Trinajstić information content (AvgIpc) is 3.30. The smallest absolute Gasteiger partial charge is 0.416 e. The number of methoxy groups -OCH3 is 1. The molecule has 38 heavy (non-hydrogen) atoms. The Bertz CT molecular complexity index is 1450. The number of alkyl halides is 3. The minimum absolute atomic E-state index is 0.0418. The first-order chi connectivity index (χ1) is 18.3. The van der Waals surface area contributed by atoms with E-state index in [1.165, 1.54) is 23.5 Å². The highest BCUT2D eigenvalue weighted by Gasteiger charge is 2.34. The zero-order valence-corrected chi connectivity index (χ0v) is 21.3. The number of benzene rings is 3. The van der Waals surface area contributed by atoms with Gasteiger partial charge in [0.15, 0.2) is 5.13 Å². The number of urea groups is 1. The van der Waals surface area contributed by atoms with Crippen molar-refractivity contribution >= 4 is 38.4 Å². The molecular formula is C27H25F3N4O3S. The first-order valence-electron chi connectivity index (χ1n) is 11.9. The molecule has 0 radical (unpaired) electrons. The topological polar surface area (TPSA) is 75.7 Å². The van der Waals surface area contributed by atoms with Crippen LogP contribution in [-0.2, 0) is 17.5 Å². The van der Waals surface area contributed by atoms with E-state index in [1.54, 1.807) is 7.11 Å². The highest BCUT2D eigenvalue weighted by molar-refractivity contribution is 7.22. The number of carbonyl (C=O) groups is 1. The van der Waals surface area contributed by atoms with E-state index >= 15 is 0 Å². The summed E-state index contributed by atoms with van der Waals surface area (Å²) in [6, 6.07) is 16.5. The lowest BCUT2D eigenvalue weighted by Crippen LogP contribution is -2.36. The van der Waals surface area contributed by atoms with Crippen LogP contribution in [0.3, 0.4) is 0 Å². The second kappa shape index (κ2) is 11.0. The minimum atomic E-state index is -4.55. The summed E-state index contributed by atoms with van der Waals surface area (Å²) in [4.78, 5) is 19.0. The van der Waals surface area contributed by atoms with Crippen molar-refractivity contribution in [2.24, 2.45) is 0 Å². The number of aromatic nitrogens is 1. The van der Waals surface area contributed by atoms with E-state index in [9.17, 15) is 18.0 Å². The van der Waals surface area contributed by atoms with E-state index in [0.29, 0.717) is 37.0 Å². The molecule has 198 valence electrons. The maximum Gasteiger partial charge on any atom is 0.416 e. The SMILES string of the molecule is COc1ccccc1-c1ccc2nc(NC(=O)Nc3ccc(CN4CCOCC4)c(C(F)(F)F)c3)sc2c1. The van der Waals surface area contributed by atoms with Crippen LogP contribution in [0.5, 0.6) is 5.75 Å². The number of ether oxygens (including phenoxy) is 2. The maximum atomic E-state index is 13.8. The van der Waals surface area contributed by atoms with E-state index in [4.69, 9.17) is 9.47 Å². The summed E-state index contributed by atoms with van der Waals surface area (Å²) < 4.78 is 53.0. The number of fused-ring (bicyclic) bond motifs is 1. The van der Waals surface area contributed by atoms with Crippen LogP contribution in [0.4, 0.5) is 28.8 Å². The quantitative estimate of drug-likeness (QED) is 0.292. The summed E-state index contributed by atoms with van der Waals surface area (Å²) in [6.07, 6.45) is -4.55. The van der Waals surface area contributed by atoms with Gasteiger partial charge in [0.05, 0.1) is 36.1 Å². The molecule has 5 rings (SSSR count).